The highest BCUT2D eigenvalue weighted by atomic mass is 127. The fourth-order valence-corrected chi connectivity index (χ4v) is 2.86. The molecule has 0 N–H and O–H groups in total. The summed E-state index contributed by atoms with van der Waals surface area (Å²) in [6, 6.07) is 0. The molecule has 0 nitrogen and oxygen atoms in total. The lowest BCUT2D eigenvalue weighted by Gasteiger charge is -2.12. The molecule has 9 heavy (non-hydrogen) atoms. The van der Waals surface area contributed by atoms with Gasteiger partial charge >= 0.3 is 0 Å². The van der Waals surface area contributed by atoms with Crippen LogP contribution in [0.4, 0.5) is 0 Å². The Morgan fingerprint density at radius 1 is 1.33 bits per heavy atom. The second-order valence-corrected chi connectivity index (χ2v) is 7.35. The molecule has 3 unspecified atom stereocenters. The zero-order valence-corrected chi connectivity index (χ0v) is 11.8. The van der Waals surface area contributed by atoms with Crippen molar-refractivity contribution in [1.29, 1.82) is 0 Å². The Bertz CT molecular complexity index is 70.7. The molecule has 0 aliphatic carbocycles. The standard InChI is InChI=1S/C6H10I3/c1-4(7)3-6(9)5(2)8/h4-6H,1,3H2,2H3. The molecule has 0 spiro atoms. The summed E-state index contributed by atoms with van der Waals surface area (Å²) >= 11 is 7.33. The highest BCUT2D eigenvalue weighted by molar-refractivity contribution is 14.1. The minimum atomic E-state index is 0.571. The van der Waals surface area contributed by atoms with Crippen molar-refractivity contribution in [2.45, 2.75) is 25.1 Å². The molecule has 0 aliphatic rings. The van der Waals surface area contributed by atoms with Crippen LogP contribution in [0.3, 0.4) is 0 Å². The van der Waals surface area contributed by atoms with Crippen molar-refractivity contribution >= 4 is 67.8 Å². The Labute approximate surface area is 98.3 Å². The normalized spacial score (nSPS) is 21.0. The summed E-state index contributed by atoms with van der Waals surface area (Å²) < 4.78 is 2.12. The quantitative estimate of drug-likeness (QED) is 0.444. The zero-order chi connectivity index (χ0) is 7.44. The topological polar surface area (TPSA) is 0 Å². The van der Waals surface area contributed by atoms with Crippen LogP contribution in [-0.4, -0.2) is 11.8 Å². The molecule has 0 heterocycles. The van der Waals surface area contributed by atoms with Gasteiger partial charge in [-0.25, -0.2) is 0 Å². The lowest BCUT2D eigenvalue weighted by Crippen LogP contribution is -2.13. The van der Waals surface area contributed by atoms with E-state index in [4.69, 9.17) is 0 Å². The molecule has 0 rings (SSSR count). The lowest BCUT2D eigenvalue weighted by molar-refractivity contribution is 0.823. The molecule has 0 aromatic heterocycles. The number of hydrogen-bond acceptors (Lipinski definition) is 0. The van der Waals surface area contributed by atoms with Gasteiger partial charge < -0.3 is 0 Å². The van der Waals surface area contributed by atoms with Crippen LogP contribution in [0.25, 0.3) is 0 Å². The van der Waals surface area contributed by atoms with Gasteiger partial charge in [-0.15, -0.1) is 0 Å². The van der Waals surface area contributed by atoms with Crippen molar-refractivity contribution in [2.75, 3.05) is 0 Å². The number of halogens is 3. The molecule has 3 heteroatoms. The van der Waals surface area contributed by atoms with Crippen LogP contribution in [0.15, 0.2) is 0 Å². The van der Waals surface area contributed by atoms with Crippen LogP contribution in [-0.2, 0) is 0 Å². The average Bonchev–Trinajstić information content (AvgIpc) is 1.63. The van der Waals surface area contributed by atoms with Crippen molar-refractivity contribution in [3.8, 4) is 0 Å². The van der Waals surface area contributed by atoms with E-state index in [-0.39, 0.29) is 0 Å². The van der Waals surface area contributed by atoms with Gasteiger partial charge in [0.2, 0.25) is 0 Å². The van der Waals surface area contributed by atoms with E-state index in [1.165, 1.54) is 6.42 Å². The Hall–Kier alpha value is 2.19. The SMILES string of the molecule is [CH2]C(I)CC(I)C(C)I. The van der Waals surface area contributed by atoms with Crippen molar-refractivity contribution in [3.05, 3.63) is 6.92 Å². The Balaban J connectivity index is 3.38. The summed E-state index contributed by atoms with van der Waals surface area (Å²) in [5.74, 6) is 0. The van der Waals surface area contributed by atoms with E-state index >= 15 is 0 Å². The lowest BCUT2D eigenvalue weighted by atomic mass is 10.2. The summed E-state index contributed by atoms with van der Waals surface area (Å²) in [6.45, 7) is 6.19. The maximum absolute atomic E-state index is 3.94. The smallest absolute Gasteiger partial charge is 0.0235 e. The van der Waals surface area contributed by atoms with Crippen molar-refractivity contribution in [2.24, 2.45) is 0 Å². The fourth-order valence-electron chi connectivity index (χ4n) is 0.432. The second-order valence-electron chi connectivity index (χ2n) is 2.03. The highest BCUT2D eigenvalue weighted by Gasteiger charge is 2.11. The Morgan fingerprint density at radius 2 is 1.78 bits per heavy atom. The summed E-state index contributed by atoms with van der Waals surface area (Å²) in [7, 11) is 0. The van der Waals surface area contributed by atoms with Gasteiger partial charge in [0.15, 0.2) is 0 Å². The molecular weight excluding hydrogens is 453 g/mol. The first-order valence-electron chi connectivity index (χ1n) is 2.79. The Morgan fingerprint density at radius 3 is 1.89 bits per heavy atom. The predicted octanol–water partition coefficient (Wildman–Crippen LogP) is 3.64. The average molecular weight is 463 g/mol. The molecular formula is C6H10I3. The van der Waals surface area contributed by atoms with Crippen LogP contribution < -0.4 is 0 Å². The largest absolute Gasteiger partial charge is 0.0826 e. The van der Waals surface area contributed by atoms with Gasteiger partial charge in [-0.05, 0) is 13.3 Å². The van der Waals surface area contributed by atoms with E-state index in [0.717, 1.165) is 7.85 Å². The van der Waals surface area contributed by atoms with Crippen molar-refractivity contribution in [1.82, 2.24) is 0 Å². The first kappa shape index (κ1) is 11.2. The zero-order valence-electron chi connectivity index (χ0n) is 5.28. The molecule has 1 radical (unpaired) electrons. The maximum Gasteiger partial charge on any atom is 0.0235 e. The van der Waals surface area contributed by atoms with Crippen LogP contribution in [0, 0.1) is 6.92 Å². The molecule has 0 amide bonds. The molecule has 0 aromatic carbocycles. The van der Waals surface area contributed by atoms with E-state index < -0.39 is 0 Å². The molecule has 55 valence electrons. The van der Waals surface area contributed by atoms with Gasteiger partial charge in [-0.1, -0.05) is 74.7 Å². The Kier molecular flexibility index (Phi) is 7.20. The third-order valence-corrected chi connectivity index (χ3v) is 5.32. The molecule has 0 saturated carbocycles. The van der Waals surface area contributed by atoms with Crippen molar-refractivity contribution < 1.29 is 0 Å². The van der Waals surface area contributed by atoms with E-state index in [1.807, 2.05) is 0 Å². The molecule has 0 saturated heterocycles. The van der Waals surface area contributed by atoms with Crippen molar-refractivity contribution in [3.63, 3.8) is 0 Å². The number of hydrogen-bond donors (Lipinski definition) is 0. The van der Waals surface area contributed by atoms with E-state index in [0.29, 0.717) is 3.92 Å². The minimum Gasteiger partial charge on any atom is -0.0826 e. The third kappa shape index (κ3) is 6.58. The molecule has 3 atom stereocenters. The minimum absolute atomic E-state index is 0.571. The summed E-state index contributed by atoms with van der Waals surface area (Å²) in [5, 5.41) is 0. The summed E-state index contributed by atoms with van der Waals surface area (Å²) in [5.41, 5.74) is 0. The van der Waals surface area contributed by atoms with Gasteiger partial charge in [-0.2, -0.15) is 0 Å². The molecule has 0 bridgehead atoms. The maximum atomic E-state index is 3.94. The third-order valence-electron chi connectivity index (χ3n) is 0.979. The van der Waals surface area contributed by atoms with Crippen LogP contribution >= 0.6 is 67.8 Å². The van der Waals surface area contributed by atoms with Gasteiger partial charge in [0.25, 0.3) is 0 Å². The predicted molar refractivity (Wildman–Crippen MR) is 69.1 cm³/mol. The summed E-state index contributed by atoms with van der Waals surface area (Å²) in [4.78, 5) is 0. The first-order valence-corrected chi connectivity index (χ1v) is 6.53. The van der Waals surface area contributed by atoms with Gasteiger partial charge in [0.05, 0.1) is 0 Å². The first-order chi connectivity index (χ1) is 4.04. The fraction of sp³-hybridized carbons (Fsp3) is 0.833. The van der Waals surface area contributed by atoms with Gasteiger partial charge in [0.1, 0.15) is 0 Å². The monoisotopic (exact) mass is 463 g/mol. The van der Waals surface area contributed by atoms with E-state index in [1.54, 1.807) is 0 Å². The molecule has 0 aromatic rings. The highest BCUT2D eigenvalue weighted by Crippen LogP contribution is 2.22. The molecule has 0 fully saturated rings. The van der Waals surface area contributed by atoms with Gasteiger partial charge in [-0.3, -0.25) is 0 Å². The van der Waals surface area contributed by atoms with E-state index in [9.17, 15) is 0 Å². The van der Waals surface area contributed by atoms with Crippen LogP contribution in [0.1, 0.15) is 13.3 Å². The van der Waals surface area contributed by atoms with Gasteiger partial charge in [0, 0.05) is 11.8 Å². The van der Waals surface area contributed by atoms with Crippen LogP contribution in [0.5, 0.6) is 0 Å². The van der Waals surface area contributed by atoms with E-state index in [2.05, 4.69) is 81.6 Å². The molecule has 0 aliphatic heterocycles. The second kappa shape index (κ2) is 5.79. The number of rotatable bonds is 3. The number of alkyl halides is 3. The summed E-state index contributed by atoms with van der Waals surface area (Å²) in [6.07, 6.45) is 1.23. The van der Waals surface area contributed by atoms with Crippen LogP contribution in [0.2, 0.25) is 0 Å².